The Morgan fingerprint density at radius 1 is 0.829 bits per heavy atom. The molecule has 1 heterocycles. The summed E-state index contributed by atoms with van der Waals surface area (Å²) in [5.41, 5.74) is 2.88. The van der Waals surface area contributed by atoms with Gasteiger partial charge in [0.15, 0.2) is 0 Å². The number of pyridine rings is 1. The summed E-state index contributed by atoms with van der Waals surface area (Å²) in [6.07, 6.45) is 3.26. The molecule has 3 aromatic carbocycles. The summed E-state index contributed by atoms with van der Waals surface area (Å²) in [5.74, 6) is -0.510. The second-order valence-electron chi connectivity index (χ2n) is 9.31. The minimum atomic E-state index is -0.463. The van der Waals surface area contributed by atoms with Crippen LogP contribution in [0.15, 0.2) is 114 Å². The highest BCUT2D eigenvalue weighted by atomic mass is 32.2. The summed E-state index contributed by atoms with van der Waals surface area (Å²) in [4.78, 5) is 45.7. The van der Waals surface area contributed by atoms with Crippen LogP contribution in [0.1, 0.15) is 22.8 Å². The summed E-state index contributed by atoms with van der Waals surface area (Å²) in [6, 6.07) is 28.9. The van der Waals surface area contributed by atoms with Crippen LogP contribution in [0, 0.1) is 0 Å². The van der Waals surface area contributed by atoms with Crippen molar-refractivity contribution in [2.45, 2.75) is 17.1 Å². The maximum atomic E-state index is 13.3. The van der Waals surface area contributed by atoms with E-state index in [9.17, 15) is 14.4 Å². The Bertz CT molecular complexity index is 1510. The molecule has 208 valence electrons. The van der Waals surface area contributed by atoms with Crippen molar-refractivity contribution in [2.24, 2.45) is 0 Å². The number of nitrogens with zero attached hydrogens (tertiary/aromatic N) is 2. The van der Waals surface area contributed by atoms with Crippen molar-refractivity contribution in [1.29, 1.82) is 0 Å². The smallest absolute Gasteiger partial charge is 0.272 e. The quantitative estimate of drug-likeness (QED) is 0.169. The van der Waals surface area contributed by atoms with Gasteiger partial charge >= 0.3 is 0 Å². The van der Waals surface area contributed by atoms with Gasteiger partial charge in [-0.2, -0.15) is 0 Å². The van der Waals surface area contributed by atoms with Crippen LogP contribution in [-0.4, -0.2) is 42.1 Å². The van der Waals surface area contributed by atoms with Gasteiger partial charge < -0.3 is 20.9 Å². The number of hydrogen-bond donors (Lipinski definition) is 3. The highest BCUT2D eigenvalue weighted by Crippen LogP contribution is 2.26. The van der Waals surface area contributed by atoms with Crippen LogP contribution in [0.25, 0.3) is 6.08 Å². The number of anilines is 3. The maximum absolute atomic E-state index is 13.3. The van der Waals surface area contributed by atoms with E-state index in [1.165, 1.54) is 11.8 Å². The average Bonchev–Trinajstić information content (AvgIpc) is 2.99. The van der Waals surface area contributed by atoms with Gasteiger partial charge in [0.1, 0.15) is 11.5 Å². The monoisotopic (exact) mass is 565 g/mol. The molecule has 0 saturated heterocycles. The average molecular weight is 566 g/mol. The molecule has 0 aliphatic rings. The third kappa shape index (κ3) is 8.55. The lowest BCUT2D eigenvalue weighted by Crippen LogP contribution is -2.30. The summed E-state index contributed by atoms with van der Waals surface area (Å²) in [6.45, 7) is 1.82. The first kappa shape index (κ1) is 29.1. The Hall–Kier alpha value is -4.89. The van der Waals surface area contributed by atoms with E-state index in [2.05, 4.69) is 20.9 Å². The second-order valence-corrected chi connectivity index (χ2v) is 10.7. The van der Waals surface area contributed by atoms with E-state index >= 15 is 0 Å². The lowest BCUT2D eigenvalue weighted by molar-refractivity contribution is -0.115. The van der Waals surface area contributed by atoms with Crippen molar-refractivity contribution in [3.8, 4) is 0 Å². The van der Waals surface area contributed by atoms with Crippen LogP contribution in [0.2, 0.25) is 0 Å². The number of carbonyl (C=O) groups excluding carboxylic acids is 3. The zero-order valence-electron chi connectivity index (χ0n) is 23.0. The molecule has 1 atom stereocenters. The van der Waals surface area contributed by atoms with E-state index < -0.39 is 5.91 Å². The van der Waals surface area contributed by atoms with Gasteiger partial charge in [0.25, 0.3) is 11.8 Å². The second kappa shape index (κ2) is 14.0. The number of aromatic nitrogens is 1. The van der Waals surface area contributed by atoms with Gasteiger partial charge in [-0.25, -0.2) is 4.98 Å². The van der Waals surface area contributed by atoms with Crippen LogP contribution in [0.3, 0.4) is 0 Å². The fraction of sp³-hybridized carbons (Fsp3) is 0.125. The predicted octanol–water partition coefficient (Wildman–Crippen LogP) is 5.68. The van der Waals surface area contributed by atoms with E-state index in [1.54, 1.807) is 60.8 Å². The molecule has 0 radical (unpaired) electrons. The molecule has 0 bridgehead atoms. The molecule has 8 nitrogen and oxygen atoms in total. The number of amides is 3. The molecule has 3 amide bonds. The van der Waals surface area contributed by atoms with Crippen molar-refractivity contribution in [1.82, 2.24) is 10.3 Å². The molecule has 1 unspecified atom stereocenters. The molecule has 0 saturated carbocycles. The normalized spacial score (nSPS) is 11.7. The van der Waals surface area contributed by atoms with Crippen molar-refractivity contribution in [3.05, 3.63) is 120 Å². The number of thioether (sulfide) groups is 1. The molecular formula is C32H31N5O3S. The molecule has 3 N–H and O–H groups in total. The van der Waals surface area contributed by atoms with Crippen LogP contribution in [-0.2, 0) is 9.59 Å². The Labute approximate surface area is 243 Å². The number of hydrogen-bond acceptors (Lipinski definition) is 6. The SMILES string of the molecule is CC(Sc1ccc(NC(=O)/C(=C/c2ccc(N(C)C)cc2)NC(=O)c2ccccc2)cc1)C(=O)Nc1ccccn1. The third-order valence-corrected chi connectivity index (χ3v) is 7.07. The molecule has 41 heavy (non-hydrogen) atoms. The standard InChI is InChI=1S/C32H31N5O3S/c1-22(30(38)36-29-11-7-8-20-33-29)41-27-18-14-25(15-19-27)34-32(40)28(35-31(39)24-9-5-4-6-10-24)21-23-12-16-26(17-13-23)37(2)3/h4-22H,1-3H3,(H,34,40)(H,35,39)(H,33,36,38)/b28-21-. The first-order chi connectivity index (χ1) is 19.8. The summed E-state index contributed by atoms with van der Waals surface area (Å²) in [5, 5.41) is 8.05. The predicted molar refractivity (Wildman–Crippen MR) is 166 cm³/mol. The minimum absolute atomic E-state index is 0.106. The van der Waals surface area contributed by atoms with Gasteiger partial charge in [-0.3, -0.25) is 14.4 Å². The topological polar surface area (TPSA) is 103 Å². The zero-order chi connectivity index (χ0) is 29.2. The molecule has 9 heteroatoms. The number of nitrogens with one attached hydrogen (secondary N) is 3. The van der Waals surface area contributed by atoms with E-state index in [0.29, 0.717) is 17.1 Å². The van der Waals surface area contributed by atoms with Crippen LogP contribution < -0.4 is 20.9 Å². The van der Waals surface area contributed by atoms with Gasteiger partial charge in [0.2, 0.25) is 5.91 Å². The van der Waals surface area contributed by atoms with Crippen LogP contribution in [0.4, 0.5) is 17.2 Å². The number of carbonyl (C=O) groups is 3. The highest BCUT2D eigenvalue weighted by molar-refractivity contribution is 8.00. The Morgan fingerprint density at radius 2 is 1.51 bits per heavy atom. The van der Waals surface area contributed by atoms with Crippen LogP contribution >= 0.6 is 11.8 Å². The largest absolute Gasteiger partial charge is 0.378 e. The van der Waals surface area contributed by atoms with E-state index in [4.69, 9.17) is 0 Å². The van der Waals surface area contributed by atoms with Gasteiger partial charge in [0.05, 0.1) is 5.25 Å². The Kier molecular flexibility index (Phi) is 9.90. The van der Waals surface area contributed by atoms with E-state index in [1.807, 2.05) is 74.4 Å². The molecule has 4 rings (SSSR count). The van der Waals surface area contributed by atoms with Crippen molar-refractivity contribution >= 4 is 52.8 Å². The van der Waals surface area contributed by atoms with E-state index in [0.717, 1.165) is 16.1 Å². The molecule has 0 fully saturated rings. The fourth-order valence-corrected chi connectivity index (χ4v) is 4.58. The van der Waals surface area contributed by atoms with Crippen molar-refractivity contribution in [2.75, 3.05) is 29.6 Å². The lowest BCUT2D eigenvalue weighted by Gasteiger charge is -2.14. The molecule has 0 aliphatic heterocycles. The fourth-order valence-electron chi connectivity index (χ4n) is 3.72. The van der Waals surface area contributed by atoms with Crippen molar-refractivity contribution in [3.63, 3.8) is 0 Å². The number of rotatable bonds is 10. The highest BCUT2D eigenvalue weighted by Gasteiger charge is 2.17. The molecular weight excluding hydrogens is 534 g/mol. The summed E-state index contributed by atoms with van der Waals surface area (Å²) >= 11 is 1.39. The lowest BCUT2D eigenvalue weighted by atomic mass is 10.1. The molecule has 0 spiro atoms. The van der Waals surface area contributed by atoms with Gasteiger partial charge in [0, 0.05) is 42.1 Å². The van der Waals surface area contributed by atoms with Crippen molar-refractivity contribution < 1.29 is 14.4 Å². The maximum Gasteiger partial charge on any atom is 0.272 e. The Balaban J connectivity index is 1.45. The first-order valence-corrected chi connectivity index (χ1v) is 13.8. The summed E-state index contributed by atoms with van der Waals surface area (Å²) in [7, 11) is 3.90. The first-order valence-electron chi connectivity index (χ1n) is 12.9. The van der Waals surface area contributed by atoms with Gasteiger partial charge in [-0.1, -0.05) is 36.4 Å². The van der Waals surface area contributed by atoms with Gasteiger partial charge in [-0.05, 0) is 79.2 Å². The van der Waals surface area contributed by atoms with Crippen LogP contribution in [0.5, 0.6) is 0 Å². The number of benzene rings is 3. The Morgan fingerprint density at radius 3 is 2.15 bits per heavy atom. The molecule has 0 aliphatic carbocycles. The van der Waals surface area contributed by atoms with E-state index in [-0.39, 0.29) is 22.8 Å². The third-order valence-electron chi connectivity index (χ3n) is 5.96. The minimum Gasteiger partial charge on any atom is -0.378 e. The molecule has 1 aromatic heterocycles. The summed E-state index contributed by atoms with van der Waals surface area (Å²) < 4.78 is 0. The zero-order valence-corrected chi connectivity index (χ0v) is 23.8. The molecule has 4 aromatic rings. The van der Waals surface area contributed by atoms with Gasteiger partial charge in [-0.15, -0.1) is 11.8 Å².